The fraction of sp³-hybridized carbons (Fsp3) is 0.391. The number of aromatic amines is 1. The number of aliphatic hydroxyl groups is 1. The molecule has 144 valence electrons. The summed E-state index contributed by atoms with van der Waals surface area (Å²) in [5, 5.41) is 19.6. The van der Waals surface area contributed by atoms with Crippen molar-refractivity contribution in [3.05, 3.63) is 65.9 Å². The maximum Gasteiger partial charge on any atom is 0.254 e. The molecule has 2 aliphatic rings. The summed E-state index contributed by atoms with van der Waals surface area (Å²) in [6.45, 7) is 0.569. The van der Waals surface area contributed by atoms with E-state index in [0.717, 1.165) is 42.1 Å². The van der Waals surface area contributed by atoms with Crippen molar-refractivity contribution >= 4 is 16.8 Å². The van der Waals surface area contributed by atoms with E-state index in [2.05, 4.69) is 10.2 Å². The summed E-state index contributed by atoms with van der Waals surface area (Å²) >= 11 is 0. The summed E-state index contributed by atoms with van der Waals surface area (Å²) in [4.78, 5) is 15.5. The highest BCUT2D eigenvalue weighted by atomic mass is 16.3. The summed E-state index contributed by atoms with van der Waals surface area (Å²) in [6, 6.07) is 15.8. The Morgan fingerprint density at radius 2 is 1.93 bits per heavy atom. The molecule has 0 spiro atoms. The third-order valence-electron chi connectivity index (χ3n) is 6.73. The molecule has 1 saturated heterocycles. The van der Waals surface area contributed by atoms with E-state index in [1.54, 1.807) is 6.20 Å². The van der Waals surface area contributed by atoms with Gasteiger partial charge in [0.25, 0.3) is 5.91 Å². The average molecular weight is 375 g/mol. The lowest BCUT2D eigenvalue weighted by atomic mass is 9.66. The summed E-state index contributed by atoms with van der Waals surface area (Å²) in [5.41, 5.74) is 1.70. The molecule has 1 aliphatic heterocycles. The molecule has 5 heteroatoms. The molecule has 0 radical (unpaired) electrons. The third-order valence-corrected chi connectivity index (χ3v) is 6.73. The first-order chi connectivity index (χ1) is 13.7. The molecule has 1 aliphatic carbocycles. The van der Waals surface area contributed by atoms with Crippen LogP contribution in [0.1, 0.15) is 48.0 Å². The Hall–Kier alpha value is -2.66. The zero-order valence-corrected chi connectivity index (χ0v) is 15.8. The number of carbonyl (C=O) groups is 1. The van der Waals surface area contributed by atoms with Gasteiger partial charge >= 0.3 is 0 Å². The lowest BCUT2D eigenvalue weighted by Gasteiger charge is -2.52. The Kier molecular flexibility index (Phi) is 4.20. The van der Waals surface area contributed by atoms with E-state index in [0.29, 0.717) is 18.5 Å². The fourth-order valence-electron chi connectivity index (χ4n) is 5.33. The van der Waals surface area contributed by atoms with Crippen molar-refractivity contribution in [1.29, 1.82) is 0 Å². The molecule has 2 fully saturated rings. The van der Waals surface area contributed by atoms with Gasteiger partial charge in [0.05, 0.1) is 22.9 Å². The highest BCUT2D eigenvalue weighted by Gasteiger charge is 2.50. The number of aromatic nitrogens is 2. The Morgan fingerprint density at radius 1 is 1.11 bits per heavy atom. The lowest BCUT2D eigenvalue weighted by Crippen LogP contribution is -2.59. The molecule has 5 nitrogen and oxygen atoms in total. The number of H-pyrrole nitrogens is 1. The Morgan fingerprint density at radius 3 is 2.79 bits per heavy atom. The maximum absolute atomic E-state index is 13.5. The van der Waals surface area contributed by atoms with E-state index in [4.69, 9.17) is 0 Å². The van der Waals surface area contributed by atoms with E-state index >= 15 is 0 Å². The van der Waals surface area contributed by atoms with Crippen LogP contribution in [-0.4, -0.2) is 38.7 Å². The molecule has 5 rings (SSSR count). The van der Waals surface area contributed by atoms with Crippen molar-refractivity contribution in [3.63, 3.8) is 0 Å². The predicted molar refractivity (Wildman–Crippen MR) is 108 cm³/mol. The summed E-state index contributed by atoms with van der Waals surface area (Å²) < 4.78 is 0. The standard InChI is InChI=1S/C23H25N3O2/c27-22(17-9-6-11-20-18(17)15-24-25-20)26-14-13-23(28,16-7-2-1-3-8-16)19-10-4-5-12-21(19)26/h1-3,6-9,11,15,19,21,28H,4-5,10,12-14H2,(H,24,25)/t19-,21-,23?/m0/s1. The number of amides is 1. The molecule has 3 atom stereocenters. The van der Waals surface area contributed by atoms with Gasteiger partial charge in [0.1, 0.15) is 0 Å². The van der Waals surface area contributed by atoms with E-state index in [-0.39, 0.29) is 17.9 Å². The van der Waals surface area contributed by atoms with Gasteiger partial charge in [-0.3, -0.25) is 9.89 Å². The fourth-order valence-corrected chi connectivity index (χ4v) is 5.33. The zero-order chi connectivity index (χ0) is 19.1. The van der Waals surface area contributed by atoms with E-state index in [9.17, 15) is 9.90 Å². The number of rotatable bonds is 2. The lowest BCUT2D eigenvalue weighted by molar-refractivity contribution is -0.110. The van der Waals surface area contributed by atoms with Crippen LogP contribution < -0.4 is 0 Å². The minimum Gasteiger partial charge on any atom is -0.385 e. The van der Waals surface area contributed by atoms with Crippen LogP contribution in [0.2, 0.25) is 0 Å². The van der Waals surface area contributed by atoms with Gasteiger partial charge in [-0.15, -0.1) is 0 Å². The number of carbonyl (C=O) groups excluding carboxylic acids is 1. The number of hydrogen-bond acceptors (Lipinski definition) is 3. The van der Waals surface area contributed by atoms with Crippen molar-refractivity contribution in [2.24, 2.45) is 5.92 Å². The van der Waals surface area contributed by atoms with Crippen molar-refractivity contribution < 1.29 is 9.90 Å². The first kappa shape index (κ1) is 17.4. The van der Waals surface area contributed by atoms with Gasteiger partial charge in [-0.05, 0) is 37.0 Å². The van der Waals surface area contributed by atoms with Crippen LogP contribution in [0.5, 0.6) is 0 Å². The van der Waals surface area contributed by atoms with Crippen molar-refractivity contribution in [3.8, 4) is 0 Å². The molecular weight excluding hydrogens is 350 g/mol. The molecule has 1 unspecified atom stereocenters. The zero-order valence-electron chi connectivity index (χ0n) is 15.8. The van der Waals surface area contributed by atoms with Gasteiger partial charge in [-0.25, -0.2) is 0 Å². The topological polar surface area (TPSA) is 69.2 Å². The van der Waals surface area contributed by atoms with Crippen LogP contribution in [0.4, 0.5) is 0 Å². The van der Waals surface area contributed by atoms with Crippen molar-refractivity contribution in [1.82, 2.24) is 15.1 Å². The molecule has 0 bridgehead atoms. The van der Waals surface area contributed by atoms with E-state index < -0.39 is 5.60 Å². The monoisotopic (exact) mass is 375 g/mol. The average Bonchev–Trinajstić information content (AvgIpc) is 3.23. The van der Waals surface area contributed by atoms with Crippen LogP contribution in [0.15, 0.2) is 54.7 Å². The van der Waals surface area contributed by atoms with Crippen LogP contribution in [0, 0.1) is 5.92 Å². The number of nitrogens with zero attached hydrogens (tertiary/aromatic N) is 2. The molecule has 1 aromatic heterocycles. The number of hydrogen-bond donors (Lipinski definition) is 2. The van der Waals surface area contributed by atoms with Crippen LogP contribution in [0.25, 0.3) is 10.9 Å². The molecule has 2 N–H and O–H groups in total. The first-order valence-corrected chi connectivity index (χ1v) is 10.2. The molecule has 2 aromatic carbocycles. The molecule has 2 heterocycles. The Labute approximate surface area is 164 Å². The van der Waals surface area contributed by atoms with Crippen molar-refractivity contribution in [2.75, 3.05) is 6.54 Å². The normalized spacial score (nSPS) is 27.5. The number of fused-ring (bicyclic) bond motifs is 2. The highest BCUT2D eigenvalue weighted by molar-refractivity contribution is 6.06. The second kappa shape index (κ2) is 6.74. The second-order valence-corrected chi connectivity index (χ2v) is 8.13. The molecule has 28 heavy (non-hydrogen) atoms. The Balaban J connectivity index is 1.51. The van der Waals surface area contributed by atoms with Crippen LogP contribution in [0.3, 0.4) is 0 Å². The number of benzene rings is 2. The summed E-state index contributed by atoms with van der Waals surface area (Å²) in [5.74, 6) is 0.129. The highest BCUT2D eigenvalue weighted by Crippen LogP contribution is 2.47. The number of piperidine rings is 1. The number of likely N-dealkylation sites (tertiary alicyclic amines) is 1. The third kappa shape index (κ3) is 2.65. The smallest absolute Gasteiger partial charge is 0.254 e. The van der Waals surface area contributed by atoms with Gasteiger partial charge in [0.15, 0.2) is 0 Å². The molecular formula is C23H25N3O2. The van der Waals surface area contributed by atoms with Crippen LogP contribution in [-0.2, 0) is 5.60 Å². The Bertz CT molecular complexity index is 999. The van der Waals surface area contributed by atoms with Gasteiger partial charge in [0, 0.05) is 23.9 Å². The van der Waals surface area contributed by atoms with Gasteiger partial charge in [-0.2, -0.15) is 5.10 Å². The molecule has 3 aromatic rings. The SMILES string of the molecule is O=C(c1cccc2[nH]ncc12)N1CCC(O)(c2ccccc2)[C@H]2CCCC[C@@H]21. The van der Waals surface area contributed by atoms with E-state index in [1.807, 2.05) is 53.4 Å². The minimum absolute atomic E-state index is 0.0546. The van der Waals surface area contributed by atoms with E-state index in [1.165, 1.54) is 0 Å². The summed E-state index contributed by atoms with van der Waals surface area (Å²) in [6.07, 6.45) is 6.42. The van der Waals surface area contributed by atoms with Gasteiger partial charge < -0.3 is 10.0 Å². The predicted octanol–water partition coefficient (Wildman–Crippen LogP) is 3.86. The quantitative estimate of drug-likeness (QED) is 0.715. The second-order valence-electron chi connectivity index (χ2n) is 8.13. The maximum atomic E-state index is 13.5. The molecule has 1 amide bonds. The minimum atomic E-state index is -0.856. The molecule has 1 saturated carbocycles. The number of nitrogens with one attached hydrogen (secondary N) is 1. The van der Waals surface area contributed by atoms with Crippen molar-refractivity contribution in [2.45, 2.75) is 43.7 Å². The summed E-state index contributed by atoms with van der Waals surface area (Å²) in [7, 11) is 0. The van der Waals surface area contributed by atoms with Crippen LogP contribution >= 0.6 is 0 Å². The van der Waals surface area contributed by atoms with Gasteiger partial charge in [0.2, 0.25) is 0 Å². The first-order valence-electron chi connectivity index (χ1n) is 10.2. The van der Waals surface area contributed by atoms with Gasteiger partial charge in [-0.1, -0.05) is 49.2 Å². The largest absolute Gasteiger partial charge is 0.385 e.